The Hall–Kier alpha value is -1.55. The van der Waals surface area contributed by atoms with Gasteiger partial charge in [-0.25, -0.2) is 9.59 Å². The summed E-state index contributed by atoms with van der Waals surface area (Å²) < 4.78 is 57.8. The zero-order valence-corrected chi connectivity index (χ0v) is 35.0. The minimum Gasteiger partial charge on any atom is -0.462 e. The molecule has 1 aliphatic rings. The van der Waals surface area contributed by atoms with Gasteiger partial charge in [-0.1, -0.05) is 64.7 Å². The highest BCUT2D eigenvalue weighted by Crippen LogP contribution is 2.38. The third-order valence-electron chi connectivity index (χ3n) is 7.97. The molecule has 0 heterocycles. The van der Waals surface area contributed by atoms with E-state index in [0.717, 1.165) is 57.4 Å². The minimum atomic E-state index is -2.75. The number of hydrogen-bond donors (Lipinski definition) is 0. The highest BCUT2D eigenvalue weighted by Gasteiger charge is 2.48. The van der Waals surface area contributed by atoms with Crippen molar-refractivity contribution in [1.29, 1.82) is 0 Å². The first kappa shape index (κ1) is 49.6. The van der Waals surface area contributed by atoms with Crippen LogP contribution in [0.25, 0.3) is 0 Å². The van der Waals surface area contributed by atoms with Gasteiger partial charge in [0.15, 0.2) is 6.79 Å². The van der Waals surface area contributed by atoms with Gasteiger partial charge in [-0.15, -0.1) is 0 Å². The fraction of sp³-hybridized carbons (Fsp3) is 0.758. The van der Waals surface area contributed by atoms with E-state index in [9.17, 15) is 9.59 Å². The van der Waals surface area contributed by atoms with Crippen LogP contribution in [-0.2, 0) is 58.9 Å². The second kappa shape index (κ2) is 29.1. The van der Waals surface area contributed by atoms with Crippen molar-refractivity contribution in [3.8, 4) is 0 Å². The maximum Gasteiger partial charge on any atom is 0.528 e. The Bertz CT molecular complexity index is 901. The average molecular weight is 755 g/mol. The van der Waals surface area contributed by atoms with Crippen LogP contribution in [0.5, 0.6) is 0 Å². The lowest BCUT2D eigenvalue weighted by molar-refractivity contribution is -0.148. The summed E-state index contributed by atoms with van der Waals surface area (Å²) in [5.41, 5.74) is 2.67. The standard InChI is InChI=1S/C15H30O5Si.C13H24O5Si.C5H12O3Si/c1-14(2)15(16)20-12-10-8-6-7-9-11-13-21(17-3,18-4)19-5;1-11(2)13(14)17-10-18-19(15-3,16-4)12-8-6-5-7-9-12;1-5-9(6-2,7-3)8-4/h1,6-13H2,2-5H3;12H,1,5-10H2,2-4H3;5H,1H2,2-4H3. The van der Waals surface area contributed by atoms with Gasteiger partial charge in [0.2, 0.25) is 0 Å². The first-order chi connectivity index (χ1) is 23.3. The maximum atomic E-state index is 11.3. The molecular formula is C33H66O13Si3. The van der Waals surface area contributed by atoms with Gasteiger partial charge in [0.25, 0.3) is 0 Å². The monoisotopic (exact) mass is 754 g/mol. The molecule has 1 fully saturated rings. The van der Waals surface area contributed by atoms with E-state index in [1.54, 1.807) is 76.4 Å². The fourth-order valence-corrected chi connectivity index (χ4v) is 10.3. The highest BCUT2D eigenvalue weighted by molar-refractivity contribution is 6.66. The molecule has 0 amide bonds. The largest absolute Gasteiger partial charge is 0.528 e. The number of rotatable bonds is 24. The van der Waals surface area contributed by atoms with Crippen molar-refractivity contribution >= 4 is 38.4 Å². The summed E-state index contributed by atoms with van der Waals surface area (Å²) in [6.45, 7) is 14.2. The summed E-state index contributed by atoms with van der Waals surface area (Å²) >= 11 is 0. The van der Waals surface area contributed by atoms with Gasteiger partial charge in [0, 0.05) is 79.6 Å². The second-order valence-corrected chi connectivity index (χ2v) is 20.4. The van der Waals surface area contributed by atoms with E-state index in [4.69, 9.17) is 49.3 Å². The topological polar surface area (TPSA) is 136 Å². The van der Waals surface area contributed by atoms with Gasteiger partial charge < -0.3 is 49.3 Å². The van der Waals surface area contributed by atoms with Gasteiger partial charge in [-0.2, -0.15) is 0 Å². The summed E-state index contributed by atoms with van der Waals surface area (Å²) in [5.74, 6) is -0.756. The lowest BCUT2D eigenvalue weighted by Gasteiger charge is -2.35. The molecule has 0 atom stereocenters. The van der Waals surface area contributed by atoms with Crippen LogP contribution >= 0.6 is 0 Å². The van der Waals surface area contributed by atoms with Crippen molar-refractivity contribution in [3.63, 3.8) is 0 Å². The van der Waals surface area contributed by atoms with E-state index in [-0.39, 0.29) is 12.8 Å². The average Bonchev–Trinajstić information content (AvgIpc) is 3.13. The van der Waals surface area contributed by atoms with Crippen molar-refractivity contribution in [2.24, 2.45) is 0 Å². The summed E-state index contributed by atoms with van der Waals surface area (Å²) in [4.78, 5) is 22.5. The summed E-state index contributed by atoms with van der Waals surface area (Å²) in [6.07, 6.45) is 12.1. The molecule has 0 aromatic carbocycles. The molecule has 1 aliphatic carbocycles. The third kappa shape index (κ3) is 20.2. The molecule has 0 bridgehead atoms. The molecule has 49 heavy (non-hydrogen) atoms. The van der Waals surface area contributed by atoms with Crippen molar-refractivity contribution in [2.45, 2.75) is 96.1 Å². The van der Waals surface area contributed by atoms with Crippen LogP contribution in [0.3, 0.4) is 0 Å². The first-order valence-electron chi connectivity index (χ1n) is 16.6. The van der Waals surface area contributed by atoms with E-state index >= 15 is 0 Å². The molecule has 1 rings (SSSR count). The number of unbranched alkanes of at least 4 members (excludes halogenated alkanes) is 5. The number of ether oxygens (including phenoxy) is 2. The number of carbonyl (C=O) groups excluding carboxylic acids is 2. The molecule has 288 valence electrons. The van der Waals surface area contributed by atoms with E-state index in [1.165, 1.54) is 19.3 Å². The predicted octanol–water partition coefficient (Wildman–Crippen LogP) is 6.56. The Balaban J connectivity index is 0. The molecule has 13 nitrogen and oxygen atoms in total. The molecule has 0 saturated heterocycles. The minimum absolute atomic E-state index is 0.143. The molecule has 1 saturated carbocycles. The Labute approximate surface area is 299 Å². The molecular weight excluding hydrogens is 689 g/mol. The first-order valence-corrected chi connectivity index (χ1v) is 22.2. The predicted molar refractivity (Wildman–Crippen MR) is 196 cm³/mol. The molecule has 0 aliphatic heterocycles. The van der Waals surface area contributed by atoms with Crippen molar-refractivity contribution in [2.75, 3.05) is 70.3 Å². The van der Waals surface area contributed by atoms with Crippen LogP contribution in [-0.4, -0.2) is 109 Å². The van der Waals surface area contributed by atoms with Gasteiger partial charge in [0.05, 0.1) is 6.61 Å². The Morgan fingerprint density at radius 2 is 1.08 bits per heavy atom. The lowest BCUT2D eigenvalue weighted by atomic mass is 10.0. The van der Waals surface area contributed by atoms with Gasteiger partial charge >= 0.3 is 38.4 Å². The molecule has 16 heteroatoms. The molecule has 0 unspecified atom stereocenters. The quantitative estimate of drug-likeness (QED) is 0.0346. The fourth-order valence-electron chi connectivity index (χ4n) is 4.89. The zero-order chi connectivity index (χ0) is 37.8. The van der Waals surface area contributed by atoms with Gasteiger partial charge in [-0.3, -0.25) is 0 Å². The van der Waals surface area contributed by atoms with Gasteiger partial charge in [0.1, 0.15) is 0 Å². The highest BCUT2D eigenvalue weighted by atomic mass is 28.4. The van der Waals surface area contributed by atoms with Crippen LogP contribution in [0, 0.1) is 0 Å². The van der Waals surface area contributed by atoms with Crippen molar-refractivity contribution in [3.05, 3.63) is 36.6 Å². The molecule has 0 N–H and O–H groups in total. The molecule has 0 aromatic rings. The SMILES string of the molecule is C=C(C)C(=O)OCCCCCCCC[Si](OC)(OC)OC.C=C(C)C(=O)OCO[Si](OC)(OC)C1CCCCC1.C=C[Si](OC)(OC)OC. The smallest absolute Gasteiger partial charge is 0.462 e. The van der Waals surface area contributed by atoms with Crippen LogP contribution in [0.4, 0.5) is 0 Å². The maximum absolute atomic E-state index is 11.3. The Morgan fingerprint density at radius 1 is 0.633 bits per heavy atom. The van der Waals surface area contributed by atoms with E-state index in [1.807, 2.05) is 0 Å². The molecule has 0 aromatic heterocycles. The van der Waals surface area contributed by atoms with E-state index in [2.05, 4.69) is 19.7 Å². The summed E-state index contributed by atoms with van der Waals surface area (Å²) in [5, 5.41) is 0. The van der Waals surface area contributed by atoms with Crippen molar-refractivity contribution in [1.82, 2.24) is 0 Å². The number of hydrogen-bond acceptors (Lipinski definition) is 13. The van der Waals surface area contributed by atoms with E-state index in [0.29, 0.717) is 23.3 Å². The van der Waals surface area contributed by atoms with Crippen LogP contribution in [0.15, 0.2) is 36.6 Å². The third-order valence-corrected chi connectivity index (χ3v) is 16.2. The Kier molecular flexibility index (Phi) is 29.4. The van der Waals surface area contributed by atoms with Crippen molar-refractivity contribution < 1.29 is 58.9 Å². The summed E-state index contributed by atoms with van der Waals surface area (Å²) in [6, 6.07) is 0.854. The second-order valence-electron chi connectivity index (χ2n) is 11.3. The van der Waals surface area contributed by atoms with Gasteiger partial charge in [-0.05, 0) is 45.2 Å². The number of esters is 2. The molecule has 0 spiro atoms. The van der Waals surface area contributed by atoms with Crippen LogP contribution < -0.4 is 0 Å². The summed E-state index contributed by atoms with van der Waals surface area (Å²) in [7, 11) is 5.20. The van der Waals surface area contributed by atoms with Crippen LogP contribution in [0.2, 0.25) is 11.6 Å². The Morgan fingerprint density at radius 3 is 1.47 bits per heavy atom. The normalized spacial score (nSPS) is 13.7. The molecule has 0 radical (unpaired) electrons. The lowest BCUT2D eigenvalue weighted by Crippen LogP contribution is -2.49. The number of carbonyl (C=O) groups is 2. The zero-order valence-electron chi connectivity index (χ0n) is 32.0. The van der Waals surface area contributed by atoms with Crippen LogP contribution in [0.1, 0.15) is 84.5 Å². The van der Waals surface area contributed by atoms with E-state index < -0.39 is 32.4 Å².